The van der Waals surface area contributed by atoms with Crippen LogP contribution in [0.2, 0.25) is 5.15 Å². The number of nitrogens with zero attached hydrogens (tertiary/aromatic N) is 3. The van der Waals surface area contributed by atoms with Gasteiger partial charge in [-0.05, 0) is 6.07 Å². The molecule has 0 unspecified atom stereocenters. The van der Waals surface area contributed by atoms with Crippen molar-refractivity contribution < 1.29 is 9.53 Å². The predicted octanol–water partition coefficient (Wildman–Crippen LogP) is 1.98. The molecule has 2 heterocycles. The molecule has 2 rings (SSSR count). The molecule has 0 N–H and O–H groups in total. The lowest BCUT2D eigenvalue weighted by Gasteiger charge is -1.92. The smallest absolute Gasteiger partial charge is 0.351 e. The zero-order valence-electron chi connectivity index (χ0n) is 8.60. The summed E-state index contributed by atoms with van der Waals surface area (Å²) in [5.74, 6) is -0.482. The van der Waals surface area contributed by atoms with Crippen molar-refractivity contribution >= 4 is 28.9 Å². The molecule has 5 nitrogen and oxygen atoms in total. The van der Waals surface area contributed by atoms with Crippen molar-refractivity contribution in [3.63, 3.8) is 0 Å². The van der Waals surface area contributed by atoms with Gasteiger partial charge in [-0.1, -0.05) is 11.6 Å². The van der Waals surface area contributed by atoms with E-state index < -0.39 is 5.97 Å². The van der Waals surface area contributed by atoms with Crippen LogP contribution in [0.25, 0.3) is 10.7 Å². The lowest BCUT2D eigenvalue weighted by molar-refractivity contribution is 0.0606. The SMILES string of the molecule is COC(=O)c1sc(-c2ccn(C)n2)nc1Cl. The van der Waals surface area contributed by atoms with Crippen molar-refractivity contribution in [3.8, 4) is 10.7 Å². The van der Waals surface area contributed by atoms with Gasteiger partial charge in [0.2, 0.25) is 0 Å². The van der Waals surface area contributed by atoms with Gasteiger partial charge in [0, 0.05) is 13.2 Å². The topological polar surface area (TPSA) is 57.0 Å². The third kappa shape index (κ3) is 1.94. The van der Waals surface area contributed by atoms with Crippen LogP contribution in [0.5, 0.6) is 0 Å². The van der Waals surface area contributed by atoms with Crippen LogP contribution in [0, 0.1) is 0 Å². The second kappa shape index (κ2) is 4.23. The van der Waals surface area contributed by atoms with Gasteiger partial charge in [-0.15, -0.1) is 11.3 Å². The third-order valence-corrected chi connectivity index (χ3v) is 3.33. The molecule has 0 radical (unpaired) electrons. The highest BCUT2D eigenvalue weighted by Crippen LogP contribution is 2.30. The Hall–Kier alpha value is -1.40. The molecule has 0 saturated carbocycles. The molecular formula is C9H8ClN3O2S. The lowest BCUT2D eigenvalue weighted by Crippen LogP contribution is -1.98. The average molecular weight is 258 g/mol. The van der Waals surface area contributed by atoms with Gasteiger partial charge < -0.3 is 4.74 Å². The van der Waals surface area contributed by atoms with Gasteiger partial charge >= 0.3 is 5.97 Å². The first-order chi connectivity index (χ1) is 7.61. The minimum atomic E-state index is -0.482. The van der Waals surface area contributed by atoms with Crippen molar-refractivity contribution in [1.82, 2.24) is 14.8 Å². The van der Waals surface area contributed by atoms with Gasteiger partial charge in [0.05, 0.1) is 7.11 Å². The van der Waals surface area contributed by atoms with Crippen LogP contribution in [-0.4, -0.2) is 27.8 Å². The van der Waals surface area contributed by atoms with E-state index in [1.165, 1.54) is 18.4 Å². The molecule has 2 aromatic heterocycles. The highest BCUT2D eigenvalue weighted by atomic mass is 35.5. The van der Waals surface area contributed by atoms with E-state index in [9.17, 15) is 4.79 Å². The number of hydrogen-bond acceptors (Lipinski definition) is 5. The van der Waals surface area contributed by atoms with E-state index >= 15 is 0 Å². The Bertz CT molecular complexity index is 535. The maximum atomic E-state index is 11.3. The maximum Gasteiger partial charge on any atom is 0.351 e. The van der Waals surface area contributed by atoms with Crippen molar-refractivity contribution in [2.75, 3.05) is 7.11 Å². The summed E-state index contributed by atoms with van der Waals surface area (Å²) in [6, 6.07) is 1.80. The Morgan fingerprint density at radius 2 is 2.38 bits per heavy atom. The van der Waals surface area contributed by atoms with Gasteiger partial charge in [0.15, 0.2) is 10.0 Å². The molecule has 0 spiro atoms. The number of hydrogen-bond donors (Lipinski definition) is 0. The van der Waals surface area contributed by atoms with Gasteiger partial charge in [0.25, 0.3) is 0 Å². The predicted molar refractivity (Wildman–Crippen MR) is 60.7 cm³/mol. The molecule has 0 aliphatic heterocycles. The number of thiazole rings is 1. The van der Waals surface area contributed by atoms with Crippen molar-refractivity contribution in [2.24, 2.45) is 7.05 Å². The van der Waals surface area contributed by atoms with E-state index in [-0.39, 0.29) is 5.15 Å². The average Bonchev–Trinajstić information content (AvgIpc) is 2.83. The number of halogens is 1. The molecule has 0 amide bonds. The number of aromatic nitrogens is 3. The Kier molecular flexibility index (Phi) is 2.93. The Balaban J connectivity index is 2.41. The van der Waals surface area contributed by atoms with Crippen molar-refractivity contribution in [1.29, 1.82) is 0 Å². The van der Waals surface area contributed by atoms with E-state index in [2.05, 4.69) is 14.8 Å². The largest absolute Gasteiger partial charge is 0.465 e. The molecule has 0 saturated heterocycles. The normalized spacial score (nSPS) is 10.4. The molecular weight excluding hydrogens is 250 g/mol. The summed E-state index contributed by atoms with van der Waals surface area (Å²) in [4.78, 5) is 15.7. The molecule has 84 valence electrons. The summed E-state index contributed by atoms with van der Waals surface area (Å²) >= 11 is 7.00. The fourth-order valence-electron chi connectivity index (χ4n) is 1.16. The summed E-state index contributed by atoms with van der Waals surface area (Å²) in [6.45, 7) is 0. The quantitative estimate of drug-likeness (QED) is 0.772. The molecule has 0 aliphatic carbocycles. The second-order valence-electron chi connectivity index (χ2n) is 3.01. The molecule has 7 heteroatoms. The van der Waals surface area contributed by atoms with Gasteiger partial charge in [0.1, 0.15) is 10.7 Å². The highest BCUT2D eigenvalue weighted by Gasteiger charge is 2.18. The van der Waals surface area contributed by atoms with E-state index in [4.69, 9.17) is 11.6 Å². The number of ether oxygens (including phenoxy) is 1. The van der Waals surface area contributed by atoms with Crippen LogP contribution in [0.4, 0.5) is 0 Å². The van der Waals surface area contributed by atoms with Crippen LogP contribution >= 0.6 is 22.9 Å². The van der Waals surface area contributed by atoms with Crippen LogP contribution in [0.3, 0.4) is 0 Å². The molecule has 0 fully saturated rings. The van der Waals surface area contributed by atoms with E-state index in [1.54, 1.807) is 24.0 Å². The lowest BCUT2D eigenvalue weighted by atomic mass is 10.5. The van der Waals surface area contributed by atoms with Crippen LogP contribution in [0.15, 0.2) is 12.3 Å². The van der Waals surface area contributed by atoms with E-state index in [0.29, 0.717) is 15.6 Å². The number of carbonyl (C=O) groups excluding carboxylic acids is 1. The standard InChI is InChI=1S/C9H8ClN3O2S/c1-13-4-3-5(12-13)8-11-7(10)6(16-8)9(14)15-2/h3-4H,1-2H3. The number of carbonyl (C=O) groups is 1. The molecule has 0 bridgehead atoms. The van der Waals surface area contributed by atoms with E-state index in [1.807, 2.05) is 0 Å². The van der Waals surface area contributed by atoms with Gasteiger partial charge in [-0.25, -0.2) is 9.78 Å². The second-order valence-corrected chi connectivity index (χ2v) is 4.36. The molecule has 2 aromatic rings. The summed E-state index contributed by atoms with van der Waals surface area (Å²) in [5, 5.41) is 4.93. The Labute approximate surface area is 101 Å². The number of esters is 1. The Morgan fingerprint density at radius 1 is 1.62 bits per heavy atom. The minimum absolute atomic E-state index is 0.150. The van der Waals surface area contributed by atoms with Gasteiger partial charge in [-0.2, -0.15) is 5.10 Å². The van der Waals surface area contributed by atoms with Crippen molar-refractivity contribution in [3.05, 3.63) is 22.3 Å². The van der Waals surface area contributed by atoms with Gasteiger partial charge in [-0.3, -0.25) is 4.68 Å². The third-order valence-electron chi connectivity index (χ3n) is 1.89. The van der Waals surface area contributed by atoms with Crippen LogP contribution in [-0.2, 0) is 11.8 Å². The number of aryl methyl sites for hydroxylation is 1. The van der Waals surface area contributed by atoms with Crippen molar-refractivity contribution in [2.45, 2.75) is 0 Å². The fourth-order valence-corrected chi connectivity index (χ4v) is 2.33. The number of methoxy groups -OCH3 is 1. The summed E-state index contributed by atoms with van der Waals surface area (Å²) < 4.78 is 6.25. The first-order valence-corrected chi connectivity index (χ1v) is 5.56. The summed E-state index contributed by atoms with van der Waals surface area (Å²) in [6.07, 6.45) is 1.79. The monoisotopic (exact) mass is 257 g/mol. The molecule has 0 atom stereocenters. The van der Waals surface area contributed by atoms with E-state index in [0.717, 1.165) is 0 Å². The molecule has 0 aromatic carbocycles. The molecule has 0 aliphatic rings. The summed E-state index contributed by atoms with van der Waals surface area (Å²) in [7, 11) is 3.11. The van der Waals surface area contributed by atoms with Crippen LogP contribution in [0.1, 0.15) is 9.67 Å². The summed E-state index contributed by atoms with van der Waals surface area (Å²) in [5.41, 5.74) is 0.685. The first-order valence-electron chi connectivity index (χ1n) is 4.36. The first kappa shape index (κ1) is 11.1. The zero-order chi connectivity index (χ0) is 11.7. The zero-order valence-corrected chi connectivity index (χ0v) is 10.2. The maximum absolute atomic E-state index is 11.3. The highest BCUT2D eigenvalue weighted by molar-refractivity contribution is 7.17. The number of rotatable bonds is 2. The van der Waals surface area contributed by atoms with Crippen LogP contribution < -0.4 is 0 Å². The fraction of sp³-hybridized carbons (Fsp3) is 0.222. The molecule has 16 heavy (non-hydrogen) atoms. The minimum Gasteiger partial charge on any atom is -0.465 e. The Morgan fingerprint density at radius 3 is 2.94 bits per heavy atom.